The van der Waals surface area contributed by atoms with Gasteiger partial charge in [-0.15, -0.1) is 0 Å². The van der Waals surface area contributed by atoms with Crippen molar-refractivity contribution >= 4 is 39.1 Å². The van der Waals surface area contributed by atoms with Gasteiger partial charge in [0.1, 0.15) is 5.84 Å². The Morgan fingerprint density at radius 1 is 1.07 bits per heavy atom. The van der Waals surface area contributed by atoms with Gasteiger partial charge in [0.05, 0.1) is 11.3 Å². The molecule has 0 atom stereocenters. The average molecular weight is 420 g/mol. The number of rotatable bonds is 5. The summed E-state index contributed by atoms with van der Waals surface area (Å²) >= 11 is 6.08. The molecule has 0 fully saturated rings. The number of hydrogen-bond acceptors (Lipinski definition) is 4. The summed E-state index contributed by atoms with van der Waals surface area (Å²) in [5.41, 5.74) is 1.11. The van der Waals surface area contributed by atoms with E-state index < -0.39 is 10.0 Å². The molecular formula is C20H22ClN3O3S. The minimum atomic E-state index is -3.75. The van der Waals surface area contributed by atoms with Crippen LogP contribution in [0.2, 0.25) is 5.02 Å². The molecule has 28 heavy (non-hydrogen) atoms. The lowest BCUT2D eigenvalue weighted by Crippen LogP contribution is -2.30. The van der Waals surface area contributed by atoms with Crippen molar-refractivity contribution in [2.75, 3.05) is 11.9 Å². The molecule has 0 saturated carbocycles. The lowest BCUT2D eigenvalue weighted by Gasteiger charge is -2.11. The van der Waals surface area contributed by atoms with Gasteiger partial charge in [0, 0.05) is 23.7 Å². The van der Waals surface area contributed by atoms with Crippen molar-refractivity contribution in [1.29, 1.82) is 0 Å². The van der Waals surface area contributed by atoms with E-state index in [2.05, 4.69) is 15.0 Å². The van der Waals surface area contributed by atoms with Crippen molar-refractivity contribution in [2.45, 2.75) is 37.0 Å². The predicted molar refractivity (Wildman–Crippen MR) is 111 cm³/mol. The standard InChI is InChI=1S/C20H22ClN3O3S/c21-18-10-4-3-7-15(18)13-20(25)23-16-8-6-9-17(14-16)28(26,27)24-19-11-2-1-5-12-22-19/h3-4,6-10,14H,1-2,5,11-13H2,(H,22,24)(H,23,25). The van der Waals surface area contributed by atoms with Crippen LogP contribution in [-0.4, -0.2) is 26.7 Å². The highest BCUT2D eigenvalue weighted by Crippen LogP contribution is 2.19. The van der Waals surface area contributed by atoms with Crippen LogP contribution in [0.5, 0.6) is 0 Å². The molecule has 0 aliphatic carbocycles. The molecule has 6 nitrogen and oxygen atoms in total. The SMILES string of the molecule is O=C(Cc1ccccc1Cl)Nc1cccc(S(=O)(=O)NC2=NCCCCC2)c1. The summed E-state index contributed by atoms with van der Waals surface area (Å²) < 4.78 is 27.9. The largest absolute Gasteiger partial charge is 0.326 e. The Kier molecular flexibility index (Phi) is 6.70. The molecule has 0 spiro atoms. The third kappa shape index (κ3) is 5.56. The smallest absolute Gasteiger partial charge is 0.262 e. The van der Waals surface area contributed by atoms with Gasteiger partial charge in [0.15, 0.2) is 0 Å². The van der Waals surface area contributed by atoms with Gasteiger partial charge >= 0.3 is 0 Å². The van der Waals surface area contributed by atoms with Gasteiger partial charge in [-0.3, -0.25) is 14.5 Å². The summed E-state index contributed by atoms with van der Waals surface area (Å²) in [7, 11) is -3.75. The van der Waals surface area contributed by atoms with Crippen molar-refractivity contribution in [3.05, 3.63) is 59.1 Å². The molecule has 0 radical (unpaired) electrons. The molecule has 8 heteroatoms. The normalized spacial score (nSPS) is 14.7. The Hall–Kier alpha value is -2.38. The van der Waals surface area contributed by atoms with Crippen LogP contribution in [0.15, 0.2) is 58.4 Å². The van der Waals surface area contributed by atoms with Gasteiger partial charge < -0.3 is 5.32 Å². The summed E-state index contributed by atoms with van der Waals surface area (Å²) in [5.74, 6) is 0.217. The molecular weight excluding hydrogens is 398 g/mol. The van der Waals surface area contributed by atoms with Crippen LogP contribution in [0.4, 0.5) is 5.69 Å². The summed E-state index contributed by atoms with van der Waals surface area (Å²) in [4.78, 5) is 16.7. The molecule has 1 amide bonds. The van der Waals surface area contributed by atoms with Crippen LogP contribution in [-0.2, 0) is 21.2 Å². The van der Waals surface area contributed by atoms with E-state index in [1.165, 1.54) is 12.1 Å². The highest BCUT2D eigenvalue weighted by molar-refractivity contribution is 7.90. The molecule has 148 valence electrons. The second kappa shape index (κ2) is 9.21. The first-order chi connectivity index (χ1) is 13.4. The molecule has 0 bridgehead atoms. The van der Waals surface area contributed by atoms with Gasteiger partial charge in [-0.1, -0.05) is 42.3 Å². The van der Waals surface area contributed by atoms with Crippen LogP contribution in [0.1, 0.15) is 31.2 Å². The average Bonchev–Trinajstić information content (AvgIpc) is 2.92. The van der Waals surface area contributed by atoms with Crippen LogP contribution in [0.3, 0.4) is 0 Å². The van der Waals surface area contributed by atoms with Gasteiger partial charge in [0.25, 0.3) is 10.0 Å². The predicted octanol–water partition coefficient (Wildman–Crippen LogP) is 3.77. The zero-order valence-electron chi connectivity index (χ0n) is 15.3. The summed E-state index contributed by atoms with van der Waals surface area (Å²) in [6.07, 6.45) is 3.65. The number of sulfonamides is 1. The molecule has 1 aliphatic heterocycles. The van der Waals surface area contributed by atoms with Gasteiger partial charge in [-0.05, 0) is 42.7 Å². The van der Waals surface area contributed by atoms with Crippen LogP contribution < -0.4 is 10.0 Å². The lowest BCUT2D eigenvalue weighted by atomic mass is 10.1. The first kappa shape index (κ1) is 20.4. The van der Waals surface area contributed by atoms with E-state index in [0.717, 1.165) is 19.3 Å². The van der Waals surface area contributed by atoms with Crippen molar-refractivity contribution in [3.63, 3.8) is 0 Å². The third-order valence-corrected chi connectivity index (χ3v) is 6.11. The molecule has 0 aromatic heterocycles. The first-order valence-corrected chi connectivity index (χ1v) is 11.0. The molecule has 2 aromatic carbocycles. The van der Waals surface area contributed by atoms with Crippen LogP contribution in [0.25, 0.3) is 0 Å². The van der Waals surface area contributed by atoms with E-state index >= 15 is 0 Å². The van der Waals surface area contributed by atoms with Crippen molar-refractivity contribution in [2.24, 2.45) is 4.99 Å². The number of aliphatic imine (C=N–C) groups is 1. The first-order valence-electron chi connectivity index (χ1n) is 9.13. The fraction of sp³-hybridized carbons (Fsp3) is 0.300. The number of hydrogen-bond donors (Lipinski definition) is 2. The second-order valence-corrected chi connectivity index (χ2v) is 8.68. The Bertz CT molecular complexity index is 990. The zero-order valence-corrected chi connectivity index (χ0v) is 16.9. The number of amides is 1. The molecule has 0 unspecified atom stereocenters. The number of anilines is 1. The second-order valence-electron chi connectivity index (χ2n) is 6.59. The third-order valence-electron chi connectivity index (χ3n) is 4.36. The Labute approximate surface area is 170 Å². The van der Waals surface area contributed by atoms with Gasteiger partial charge in [0.2, 0.25) is 5.91 Å². The van der Waals surface area contributed by atoms with Crippen molar-refractivity contribution in [3.8, 4) is 0 Å². The number of nitrogens with zero attached hydrogens (tertiary/aromatic N) is 1. The lowest BCUT2D eigenvalue weighted by molar-refractivity contribution is -0.115. The maximum atomic E-state index is 12.7. The Balaban J connectivity index is 1.70. The van der Waals surface area contributed by atoms with Crippen molar-refractivity contribution in [1.82, 2.24) is 4.72 Å². The monoisotopic (exact) mass is 419 g/mol. The van der Waals surface area contributed by atoms with Crippen molar-refractivity contribution < 1.29 is 13.2 Å². The van der Waals surface area contributed by atoms with Crippen LogP contribution in [0, 0.1) is 0 Å². The van der Waals surface area contributed by atoms with E-state index in [4.69, 9.17) is 11.6 Å². The Morgan fingerprint density at radius 3 is 2.71 bits per heavy atom. The van der Waals surface area contributed by atoms with E-state index in [-0.39, 0.29) is 17.2 Å². The molecule has 2 aromatic rings. The van der Waals surface area contributed by atoms with E-state index in [1.54, 1.807) is 30.3 Å². The van der Waals surface area contributed by atoms with E-state index in [9.17, 15) is 13.2 Å². The highest BCUT2D eigenvalue weighted by Gasteiger charge is 2.18. The molecule has 1 aliphatic rings. The number of amidine groups is 1. The number of nitrogens with one attached hydrogen (secondary N) is 2. The molecule has 3 rings (SSSR count). The fourth-order valence-electron chi connectivity index (χ4n) is 2.93. The quantitative estimate of drug-likeness (QED) is 0.773. The fourth-order valence-corrected chi connectivity index (χ4v) is 4.27. The van der Waals surface area contributed by atoms with Gasteiger partial charge in [-0.25, -0.2) is 8.42 Å². The van der Waals surface area contributed by atoms with E-state index in [1.807, 2.05) is 6.07 Å². The number of carbonyl (C=O) groups is 1. The zero-order chi connectivity index (χ0) is 20.0. The molecule has 1 heterocycles. The minimum Gasteiger partial charge on any atom is -0.326 e. The minimum absolute atomic E-state index is 0.0787. The number of halogens is 1. The maximum absolute atomic E-state index is 12.7. The topological polar surface area (TPSA) is 87.6 Å². The Morgan fingerprint density at radius 2 is 1.89 bits per heavy atom. The highest BCUT2D eigenvalue weighted by atomic mass is 35.5. The van der Waals surface area contributed by atoms with Gasteiger partial charge in [-0.2, -0.15) is 0 Å². The summed E-state index contributed by atoms with van der Waals surface area (Å²) in [6.45, 7) is 0.635. The van der Waals surface area contributed by atoms with Crippen LogP contribution >= 0.6 is 11.6 Å². The molecule has 2 N–H and O–H groups in total. The van der Waals surface area contributed by atoms with E-state index in [0.29, 0.717) is 35.1 Å². The summed E-state index contributed by atoms with van der Waals surface area (Å²) in [5, 5.41) is 3.24. The maximum Gasteiger partial charge on any atom is 0.262 e. The summed E-state index contributed by atoms with van der Waals surface area (Å²) in [6, 6.07) is 13.3. The molecule has 0 saturated heterocycles. The number of benzene rings is 2. The number of carbonyl (C=O) groups excluding carboxylic acids is 1.